The van der Waals surface area contributed by atoms with Crippen molar-refractivity contribution in [3.8, 4) is 0 Å². The van der Waals surface area contributed by atoms with Crippen molar-refractivity contribution >= 4 is 12.1 Å². The summed E-state index contributed by atoms with van der Waals surface area (Å²) < 4.78 is 1.62. The normalized spacial score (nSPS) is 16.0. The van der Waals surface area contributed by atoms with Crippen molar-refractivity contribution < 1.29 is 9.72 Å². The highest BCUT2D eigenvalue weighted by Crippen LogP contribution is 2.17. The van der Waals surface area contributed by atoms with E-state index in [9.17, 15) is 14.9 Å². The third-order valence-corrected chi connectivity index (χ3v) is 2.38. The van der Waals surface area contributed by atoms with Crippen LogP contribution in [0.3, 0.4) is 0 Å². The summed E-state index contributed by atoms with van der Waals surface area (Å²) in [5.41, 5.74) is 0.787. The summed E-state index contributed by atoms with van der Waals surface area (Å²) >= 11 is 0. The number of carbonyl (C=O) groups is 1. The predicted molar refractivity (Wildman–Crippen MR) is 50.2 cm³/mol. The summed E-state index contributed by atoms with van der Waals surface area (Å²) in [7, 11) is 0. The lowest BCUT2D eigenvalue weighted by Crippen LogP contribution is -2.34. The van der Waals surface area contributed by atoms with E-state index in [1.54, 1.807) is 4.68 Å². The lowest BCUT2D eigenvalue weighted by atomic mass is 10.3. The highest BCUT2D eigenvalue weighted by molar-refractivity contribution is 5.52. The lowest BCUT2D eigenvalue weighted by Gasteiger charge is -2.23. The van der Waals surface area contributed by atoms with Gasteiger partial charge >= 0.3 is 5.82 Å². The van der Waals surface area contributed by atoms with Crippen molar-refractivity contribution in [2.75, 3.05) is 13.1 Å². The summed E-state index contributed by atoms with van der Waals surface area (Å²) in [6.45, 7) is 2.19. The van der Waals surface area contributed by atoms with Crippen LogP contribution in [0.25, 0.3) is 0 Å². The Kier molecular flexibility index (Phi) is 2.46. The zero-order valence-electron chi connectivity index (χ0n) is 8.00. The molecular formula is C8H10N4O3. The van der Waals surface area contributed by atoms with Crippen LogP contribution in [0, 0.1) is 10.1 Å². The average molecular weight is 210 g/mol. The molecule has 2 rings (SSSR count). The molecule has 0 spiro atoms. The van der Waals surface area contributed by atoms with E-state index in [1.165, 1.54) is 6.07 Å². The van der Waals surface area contributed by atoms with Crippen LogP contribution in [0.2, 0.25) is 0 Å². The molecule has 0 saturated heterocycles. The van der Waals surface area contributed by atoms with Crippen LogP contribution in [0.15, 0.2) is 6.07 Å². The van der Waals surface area contributed by atoms with Gasteiger partial charge in [0.25, 0.3) is 0 Å². The maximum atomic E-state index is 10.5. The van der Waals surface area contributed by atoms with Gasteiger partial charge in [-0.25, -0.2) is 0 Å². The number of carbonyl (C=O) groups excluding carboxylic acids is 1. The van der Waals surface area contributed by atoms with E-state index in [-0.39, 0.29) is 5.82 Å². The third-order valence-electron chi connectivity index (χ3n) is 2.38. The Morgan fingerprint density at radius 2 is 2.40 bits per heavy atom. The fraction of sp³-hybridized carbons (Fsp3) is 0.500. The van der Waals surface area contributed by atoms with Crippen LogP contribution in [-0.4, -0.2) is 39.0 Å². The second-order valence-electron chi connectivity index (χ2n) is 3.38. The topological polar surface area (TPSA) is 81.3 Å². The molecule has 0 aromatic carbocycles. The van der Waals surface area contributed by atoms with E-state index in [0.717, 1.165) is 12.0 Å². The molecule has 0 unspecified atom stereocenters. The molecule has 0 atom stereocenters. The van der Waals surface area contributed by atoms with E-state index < -0.39 is 4.92 Å². The second kappa shape index (κ2) is 3.77. The standard InChI is InChI=1S/C8H10N4O3/c13-4-3-10-1-2-11-7(6-10)5-8(9-11)12(14)15/h4-5H,1-3,6H2. The minimum Gasteiger partial charge on any atom is -0.358 e. The quantitative estimate of drug-likeness (QED) is 0.392. The fourth-order valence-electron chi connectivity index (χ4n) is 1.66. The van der Waals surface area contributed by atoms with Gasteiger partial charge in [-0.05, 0) is 4.92 Å². The van der Waals surface area contributed by atoms with Gasteiger partial charge < -0.3 is 14.9 Å². The molecule has 0 N–H and O–H groups in total. The van der Waals surface area contributed by atoms with Crippen molar-refractivity contribution in [3.05, 3.63) is 21.9 Å². The molecule has 15 heavy (non-hydrogen) atoms. The Morgan fingerprint density at radius 1 is 1.60 bits per heavy atom. The molecule has 0 aliphatic carbocycles. The number of aldehydes is 1. The first-order chi connectivity index (χ1) is 7.20. The summed E-state index contributed by atoms with van der Waals surface area (Å²) in [4.78, 5) is 22.2. The minimum atomic E-state index is -0.505. The number of nitro groups is 1. The van der Waals surface area contributed by atoms with E-state index in [1.807, 2.05) is 4.90 Å². The average Bonchev–Trinajstić information content (AvgIpc) is 2.61. The number of nitrogens with zero attached hydrogens (tertiary/aromatic N) is 4. The molecule has 1 aliphatic heterocycles. The molecule has 0 amide bonds. The third kappa shape index (κ3) is 1.86. The summed E-state index contributed by atoms with van der Waals surface area (Å²) in [5, 5.41) is 14.3. The number of rotatable bonds is 3. The number of fused-ring (bicyclic) bond motifs is 1. The van der Waals surface area contributed by atoms with Gasteiger partial charge in [0.15, 0.2) is 0 Å². The van der Waals surface area contributed by atoms with E-state index in [4.69, 9.17) is 0 Å². The van der Waals surface area contributed by atoms with Crippen molar-refractivity contribution in [3.63, 3.8) is 0 Å². The van der Waals surface area contributed by atoms with Crippen molar-refractivity contribution in [1.82, 2.24) is 14.7 Å². The second-order valence-corrected chi connectivity index (χ2v) is 3.38. The molecule has 7 nitrogen and oxygen atoms in total. The SMILES string of the molecule is O=CCN1CCn2nc([N+](=O)[O-])cc2C1. The monoisotopic (exact) mass is 210 g/mol. The van der Waals surface area contributed by atoms with Crippen molar-refractivity contribution in [2.45, 2.75) is 13.1 Å². The van der Waals surface area contributed by atoms with Crippen LogP contribution in [0.4, 0.5) is 5.82 Å². The number of hydrogen-bond acceptors (Lipinski definition) is 5. The van der Waals surface area contributed by atoms with Gasteiger partial charge in [0.05, 0.1) is 29.9 Å². The van der Waals surface area contributed by atoms with Crippen LogP contribution in [-0.2, 0) is 17.9 Å². The Bertz CT molecular complexity index is 401. The zero-order chi connectivity index (χ0) is 10.8. The molecule has 80 valence electrons. The molecule has 1 aliphatic rings. The van der Waals surface area contributed by atoms with Gasteiger partial charge in [-0.2, -0.15) is 4.68 Å². The smallest absolute Gasteiger partial charge is 0.358 e. The van der Waals surface area contributed by atoms with Gasteiger partial charge in [0.2, 0.25) is 0 Å². The first-order valence-corrected chi connectivity index (χ1v) is 4.58. The van der Waals surface area contributed by atoms with E-state index in [2.05, 4.69) is 5.10 Å². The maximum Gasteiger partial charge on any atom is 0.390 e. The first kappa shape index (κ1) is 9.78. The highest BCUT2D eigenvalue weighted by Gasteiger charge is 2.23. The van der Waals surface area contributed by atoms with Crippen molar-refractivity contribution in [2.24, 2.45) is 0 Å². The molecule has 0 radical (unpaired) electrons. The molecule has 0 bridgehead atoms. The van der Waals surface area contributed by atoms with Crippen LogP contribution >= 0.6 is 0 Å². The fourth-order valence-corrected chi connectivity index (χ4v) is 1.66. The minimum absolute atomic E-state index is 0.127. The first-order valence-electron chi connectivity index (χ1n) is 4.58. The zero-order valence-corrected chi connectivity index (χ0v) is 8.00. The Morgan fingerprint density at radius 3 is 3.07 bits per heavy atom. The Labute approximate surface area is 85.4 Å². The van der Waals surface area contributed by atoms with E-state index in [0.29, 0.717) is 26.2 Å². The summed E-state index contributed by atoms with van der Waals surface area (Å²) in [6, 6.07) is 1.46. The predicted octanol–water partition coefficient (Wildman–Crippen LogP) is -0.194. The Hall–Kier alpha value is -1.76. The largest absolute Gasteiger partial charge is 0.390 e. The number of hydrogen-bond donors (Lipinski definition) is 0. The molecule has 0 fully saturated rings. The van der Waals surface area contributed by atoms with Crippen LogP contribution in [0.1, 0.15) is 5.69 Å². The van der Waals surface area contributed by atoms with Gasteiger partial charge in [0.1, 0.15) is 6.29 Å². The summed E-state index contributed by atoms with van der Waals surface area (Å²) in [5.74, 6) is -0.127. The summed E-state index contributed by atoms with van der Waals surface area (Å²) in [6.07, 6.45) is 0.834. The van der Waals surface area contributed by atoms with Gasteiger partial charge in [-0.3, -0.25) is 4.90 Å². The van der Waals surface area contributed by atoms with Gasteiger partial charge in [-0.1, -0.05) is 0 Å². The Balaban J connectivity index is 2.18. The van der Waals surface area contributed by atoms with Crippen LogP contribution in [0.5, 0.6) is 0 Å². The molecule has 2 heterocycles. The molecule has 7 heteroatoms. The molecule has 0 saturated carbocycles. The number of aromatic nitrogens is 2. The maximum absolute atomic E-state index is 10.5. The van der Waals surface area contributed by atoms with Crippen molar-refractivity contribution in [1.29, 1.82) is 0 Å². The highest BCUT2D eigenvalue weighted by atomic mass is 16.6. The lowest BCUT2D eigenvalue weighted by molar-refractivity contribution is -0.389. The molecule has 1 aromatic heterocycles. The molecule has 1 aromatic rings. The van der Waals surface area contributed by atoms with Gasteiger partial charge in [0, 0.05) is 13.1 Å². The van der Waals surface area contributed by atoms with Crippen LogP contribution < -0.4 is 0 Å². The molecular weight excluding hydrogens is 200 g/mol. The van der Waals surface area contributed by atoms with E-state index >= 15 is 0 Å². The van der Waals surface area contributed by atoms with Gasteiger partial charge in [-0.15, -0.1) is 0 Å².